The zero-order chi connectivity index (χ0) is 22.5. The monoisotopic (exact) mass is 440 g/mol. The fourth-order valence-corrected chi connectivity index (χ4v) is 4.39. The first-order chi connectivity index (χ1) is 15.4. The lowest BCUT2D eigenvalue weighted by molar-refractivity contribution is -0.134. The average molecular weight is 441 g/mol. The van der Waals surface area contributed by atoms with Crippen LogP contribution in [0.25, 0.3) is 0 Å². The molecule has 32 heavy (non-hydrogen) atoms. The minimum absolute atomic E-state index is 0.0588. The largest absolute Gasteiger partial charge is 0.493 e. The highest BCUT2D eigenvalue weighted by atomic mass is 16.5. The van der Waals surface area contributed by atoms with Crippen molar-refractivity contribution in [1.29, 1.82) is 0 Å². The van der Waals surface area contributed by atoms with Crippen molar-refractivity contribution in [2.45, 2.75) is 44.7 Å². The number of carbonyl (C=O) groups is 2. The molecule has 0 spiro atoms. The minimum Gasteiger partial charge on any atom is -0.493 e. The quantitative estimate of drug-likeness (QED) is 0.500. The molecule has 5 rings (SSSR count). The third-order valence-corrected chi connectivity index (χ3v) is 6.57. The molecule has 5 N–H and O–H groups in total. The van der Waals surface area contributed by atoms with E-state index in [4.69, 9.17) is 10.5 Å². The fraction of sp³-hybridized carbons (Fsp3) is 0.500. The van der Waals surface area contributed by atoms with Crippen LogP contribution in [-0.4, -0.2) is 57.6 Å². The molecular formula is C22H28N6O4. The zero-order valence-electron chi connectivity index (χ0n) is 18.0. The number of hydrazine groups is 1. The van der Waals surface area contributed by atoms with Gasteiger partial charge in [-0.05, 0) is 43.2 Å². The third-order valence-electron chi connectivity index (χ3n) is 6.57. The minimum atomic E-state index is -0.553. The summed E-state index contributed by atoms with van der Waals surface area (Å²) >= 11 is 0. The number of nitrogens with zero attached hydrogens (tertiary/aromatic N) is 3. The number of nitrogens with one attached hydrogen (secondary N) is 2. The van der Waals surface area contributed by atoms with E-state index in [1.54, 1.807) is 17.2 Å². The van der Waals surface area contributed by atoms with Gasteiger partial charge in [0.1, 0.15) is 11.6 Å². The molecule has 1 unspecified atom stereocenters. The molecule has 1 aromatic heterocycles. The number of hydrogen-bond donors (Lipinski definition) is 4. The maximum Gasteiger partial charge on any atom is 0.270 e. The van der Waals surface area contributed by atoms with Crippen LogP contribution in [0.2, 0.25) is 0 Å². The maximum absolute atomic E-state index is 13.5. The summed E-state index contributed by atoms with van der Waals surface area (Å²) in [4.78, 5) is 32.1. The van der Waals surface area contributed by atoms with Crippen LogP contribution in [0, 0.1) is 5.41 Å². The van der Waals surface area contributed by atoms with E-state index in [2.05, 4.69) is 22.7 Å². The summed E-state index contributed by atoms with van der Waals surface area (Å²) < 4.78 is 5.51. The van der Waals surface area contributed by atoms with Gasteiger partial charge in [-0.2, -0.15) is 0 Å². The van der Waals surface area contributed by atoms with Gasteiger partial charge in [-0.15, -0.1) is 0 Å². The number of aromatic nitrogens is 1. The first kappa shape index (κ1) is 20.8. The molecule has 170 valence electrons. The van der Waals surface area contributed by atoms with Crippen molar-refractivity contribution < 1.29 is 19.4 Å². The Hall–Kier alpha value is -3.11. The van der Waals surface area contributed by atoms with Crippen molar-refractivity contribution in [1.82, 2.24) is 25.6 Å². The summed E-state index contributed by atoms with van der Waals surface area (Å²) in [7, 11) is 0. The first-order valence-electron chi connectivity index (χ1n) is 11.0. The Morgan fingerprint density at radius 1 is 1.41 bits per heavy atom. The standard InChI is InChI=1S/C22H28N6O4/c1-22(6-9-32-10-7-22)12-27-16-11-15(14-3-2-8-24-18(14)23)26-28(16)21(31)17(20(27)30)19(29)25-13-4-5-13/h2-3,8,11,13,15,26,31H,4-7,9-10,12H2,1H3,(H2,23,24)(H,25,29). The van der Waals surface area contributed by atoms with Crippen LogP contribution in [0.15, 0.2) is 41.7 Å². The number of aliphatic hydroxyl groups is 1. The second-order valence-electron chi connectivity index (χ2n) is 9.21. The second-order valence-corrected chi connectivity index (χ2v) is 9.21. The Kier molecular flexibility index (Phi) is 5.06. The summed E-state index contributed by atoms with van der Waals surface area (Å²) in [5.41, 5.74) is 9.53. The molecule has 2 amide bonds. The summed E-state index contributed by atoms with van der Waals surface area (Å²) in [6.45, 7) is 3.78. The highest BCUT2D eigenvalue weighted by Gasteiger charge is 2.46. The van der Waals surface area contributed by atoms with Gasteiger partial charge in [0.2, 0.25) is 5.88 Å². The van der Waals surface area contributed by atoms with E-state index >= 15 is 0 Å². The topological polar surface area (TPSA) is 133 Å². The van der Waals surface area contributed by atoms with E-state index in [9.17, 15) is 14.7 Å². The average Bonchev–Trinajstić information content (AvgIpc) is 3.46. The molecule has 1 saturated heterocycles. The Morgan fingerprint density at radius 3 is 2.84 bits per heavy atom. The molecule has 1 aromatic rings. The van der Waals surface area contributed by atoms with Crippen LogP contribution in [0.1, 0.15) is 44.2 Å². The molecule has 4 aliphatic rings. The van der Waals surface area contributed by atoms with Gasteiger partial charge >= 0.3 is 0 Å². The lowest BCUT2D eigenvalue weighted by atomic mass is 9.81. The van der Waals surface area contributed by atoms with Gasteiger partial charge in [0, 0.05) is 37.6 Å². The summed E-state index contributed by atoms with van der Waals surface area (Å²) in [6, 6.07) is 3.26. The Bertz CT molecular complexity index is 1010. The van der Waals surface area contributed by atoms with Gasteiger partial charge in [-0.1, -0.05) is 13.0 Å². The van der Waals surface area contributed by atoms with Gasteiger partial charge in [0.05, 0.1) is 6.04 Å². The molecule has 1 saturated carbocycles. The van der Waals surface area contributed by atoms with Crippen molar-refractivity contribution in [3.63, 3.8) is 0 Å². The van der Waals surface area contributed by atoms with E-state index < -0.39 is 23.7 Å². The van der Waals surface area contributed by atoms with Crippen LogP contribution in [-0.2, 0) is 14.3 Å². The summed E-state index contributed by atoms with van der Waals surface area (Å²) in [5.74, 6) is -0.625. The lowest BCUT2D eigenvalue weighted by Crippen LogP contribution is -2.53. The smallest absolute Gasteiger partial charge is 0.270 e. The number of carbonyl (C=O) groups excluding carboxylic acids is 2. The number of rotatable bonds is 5. The summed E-state index contributed by atoms with van der Waals surface area (Å²) in [6.07, 6.45) is 6.80. The SMILES string of the molecule is CC1(CN2C(=O)C(C(=O)NC3CC3)=C(O)N3NC(c4cccnc4N)C=C23)CCOCC1. The molecule has 10 nitrogen and oxygen atoms in total. The number of anilines is 1. The number of amides is 2. The second kappa shape index (κ2) is 7.79. The molecule has 1 aliphatic carbocycles. The number of nitrogen functional groups attached to an aromatic ring is 1. The number of hydrogen-bond acceptors (Lipinski definition) is 8. The van der Waals surface area contributed by atoms with Gasteiger partial charge in [0.15, 0.2) is 5.57 Å². The van der Waals surface area contributed by atoms with Crippen molar-refractivity contribution in [2.24, 2.45) is 5.41 Å². The van der Waals surface area contributed by atoms with Gasteiger partial charge in [0.25, 0.3) is 11.8 Å². The number of nitrogens with two attached hydrogens (primary N) is 1. The Morgan fingerprint density at radius 2 is 2.16 bits per heavy atom. The summed E-state index contributed by atoms with van der Waals surface area (Å²) in [5, 5.41) is 15.2. The normalized spacial score (nSPS) is 25.0. The maximum atomic E-state index is 13.5. The molecule has 0 aromatic carbocycles. The lowest BCUT2D eigenvalue weighted by Gasteiger charge is -2.42. The van der Waals surface area contributed by atoms with Crippen molar-refractivity contribution in [3.05, 3.63) is 47.2 Å². The fourth-order valence-electron chi connectivity index (χ4n) is 4.39. The Labute approximate surface area is 186 Å². The van der Waals surface area contributed by atoms with E-state index in [0.717, 1.165) is 31.2 Å². The van der Waals surface area contributed by atoms with Crippen LogP contribution in [0.5, 0.6) is 0 Å². The van der Waals surface area contributed by atoms with E-state index in [-0.39, 0.29) is 17.0 Å². The molecule has 4 heterocycles. The van der Waals surface area contributed by atoms with Crippen molar-refractivity contribution in [2.75, 3.05) is 25.5 Å². The van der Waals surface area contributed by atoms with Crippen LogP contribution in [0.4, 0.5) is 5.82 Å². The van der Waals surface area contributed by atoms with Gasteiger partial charge in [-0.3, -0.25) is 14.5 Å². The van der Waals surface area contributed by atoms with Crippen molar-refractivity contribution >= 4 is 17.6 Å². The molecule has 3 aliphatic heterocycles. The number of pyridine rings is 1. The highest BCUT2D eigenvalue weighted by molar-refractivity contribution is 6.19. The van der Waals surface area contributed by atoms with E-state index in [1.165, 1.54) is 5.01 Å². The molecule has 0 bridgehead atoms. The van der Waals surface area contributed by atoms with E-state index in [1.807, 2.05) is 12.1 Å². The first-order valence-corrected chi connectivity index (χ1v) is 11.0. The highest BCUT2D eigenvalue weighted by Crippen LogP contribution is 2.39. The van der Waals surface area contributed by atoms with Crippen LogP contribution >= 0.6 is 0 Å². The van der Waals surface area contributed by atoms with E-state index in [0.29, 0.717) is 31.4 Å². The number of fused-ring (bicyclic) bond motifs is 1. The van der Waals surface area contributed by atoms with Crippen LogP contribution in [0.3, 0.4) is 0 Å². The van der Waals surface area contributed by atoms with Gasteiger partial charge in [-0.25, -0.2) is 15.4 Å². The van der Waals surface area contributed by atoms with Crippen molar-refractivity contribution in [3.8, 4) is 0 Å². The number of ether oxygens (including phenoxy) is 1. The molecule has 0 radical (unpaired) electrons. The zero-order valence-corrected chi connectivity index (χ0v) is 18.0. The third kappa shape index (κ3) is 3.69. The molecular weight excluding hydrogens is 412 g/mol. The Balaban J connectivity index is 1.52. The van der Waals surface area contributed by atoms with Gasteiger partial charge < -0.3 is 20.9 Å². The predicted octanol–water partition coefficient (Wildman–Crippen LogP) is 1.07. The molecule has 1 atom stereocenters. The predicted molar refractivity (Wildman–Crippen MR) is 115 cm³/mol. The number of aliphatic hydroxyl groups excluding tert-OH is 1. The molecule has 10 heteroatoms. The molecule has 2 fully saturated rings. The van der Waals surface area contributed by atoms with Crippen LogP contribution < -0.4 is 16.5 Å².